The van der Waals surface area contributed by atoms with Crippen molar-refractivity contribution in [3.05, 3.63) is 89.0 Å². The van der Waals surface area contributed by atoms with Crippen LogP contribution >= 0.6 is 11.8 Å². The van der Waals surface area contributed by atoms with E-state index in [4.69, 9.17) is 24.2 Å². The summed E-state index contributed by atoms with van der Waals surface area (Å²) in [4.78, 5) is 95.8. The van der Waals surface area contributed by atoms with Gasteiger partial charge in [-0.05, 0) is 103 Å². The third-order valence-electron chi connectivity index (χ3n) is 14.4. The summed E-state index contributed by atoms with van der Waals surface area (Å²) in [5, 5.41) is 17.4. The second-order valence-electron chi connectivity index (χ2n) is 19.9. The molecule has 6 heterocycles. The SMILES string of the molecule is CN[C@@H](C)C(=O)N[C@H](C(=O)N1CCC[C@H]1C1=NC(C(=O)c2ccc(F)cc2)CS1)C1CCN(C(=O)CCOCCOCCC(=O)NCCN2C[C@H](C)Oc3ccc(C)cc3[C@@H](C)Nc3ccn4ncc(c4n3)C2=O)CC1. The molecule has 76 heavy (non-hydrogen) atoms. The zero-order valence-electron chi connectivity index (χ0n) is 43.9. The third-order valence-corrected chi connectivity index (χ3v) is 15.5. The maximum absolute atomic E-state index is 14.5. The number of nitrogens with one attached hydrogen (secondary N) is 4. The summed E-state index contributed by atoms with van der Waals surface area (Å²) in [7, 11) is 1.68. The fourth-order valence-corrected chi connectivity index (χ4v) is 11.2. The average molecular weight is 1070 g/mol. The lowest BCUT2D eigenvalue weighted by atomic mass is 9.88. The van der Waals surface area contributed by atoms with Crippen LogP contribution in [-0.2, 0) is 28.7 Å². The molecule has 8 rings (SSSR count). The van der Waals surface area contributed by atoms with Crippen molar-refractivity contribution in [3.8, 4) is 5.75 Å². The molecule has 408 valence electrons. The lowest BCUT2D eigenvalue weighted by molar-refractivity contribution is -0.140. The number of carbonyl (C=O) groups is 6. The molecule has 20 nitrogen and oxygen atoms in total. The maximum Gasteiger partial charge on any atom is 0.259 e. The van der Waals surface area contributed by atoms with Gasteiger partial charge in [-0.2, -0.15) is 5.10 Å². The number of anilines is 1. The molecule has 2 fully saturated rings. The van der Waals surface area contributed by atoms with Crippen LogP contribution in [0.1, 0.15) is 97.2 Å². The van der Waals surface area contributed by atoms with Crippen molar-refractivity contribution in [2.24, 2.45) is 10.9 Å². The van der Waals surface area contributed by atoms with Gasteiger partial charge in [0, 0.05) is 62.2 Å². The van der Waals surface area contributed by atoms with Crippen molar-refractivity contribution in [2.75, 3.05) is 83.8 Å². The minimum absolute atomic E-state index is 0.0731. The number of benzene rings is 2. The molecule has 0 aliphatic carbocycles. The number of piperidine rings is 1. The lowest BCUT2D eigenvalue weighted by Crippen LogP contribution is -2.58. The van der Waals surface area contributed by atoms with Gasteiger partial charge < -0.3 is 50.2 Å². The molecule has 4 aliphatic rings. The Kier molecular flexibility index (Phi) is 19.1. The molecular weight excluding hydrogens is 998 g/mol. The minimum Gasteiger partial charge on any atom is -0.489 e. The molecular formula is C54H70FN11O9S. The first-order valence-corrected chi connectivity index (χ1v) is 27.3. The second kappa shape index (κ2) is 26.0. The molecule has 2 aromatic heterocycles. The highest BCUT2D eigenvalue weighted by atomic mass is 32.2. The molecule has 2 aromatic carbocycles. The van der Waals surface area contributed by atoms with Gasteiger partial charge in [0.25, 0.3) is 5.91 Å². The number of thioether (sulfide) groups is 1. The number of likely N-dealkylation sites (tertiary alicyclic amines) is 2. The van der Waals surface area contributed by atoms with E-state index in [1.54, 1.807) is 39.4 Å². The van der Waals surface area contributed by atoms with E-state index in [1.165, 1.54) is 42.2 Å². The molecule has 4 aromatic rings. The summed E-state index contributed by atoms with van der Waals surface area (Å²) in [6.45, 7) is 10.5. The van der Waals surface area contributed by atoms with Gasteiger partial charge in [-0.15, -0.1) is 11.8 Å². The summed E-state index contributed by atoms with van der Waals surface area (Å²) in [5.41, 5.74) is 3.19. The number of Topliss-reactive ketones (excluding diaryl/α,β-unsaturated/α-hetero) is 1. The molecule has 5 amide bonds. The number of carbonyl (C=O) groups excluding carboxylic acids is 6. The van der Waals surface area contributed by atoms with Crippen LogP contribution in [0.15, 0.2) is 65.9 Å². The smallest absolute Gasteiger partial charge is 0.259 e. The maximum atomic E-state index is 14.5. The predicted octanol–water partition coefficient (Wildman–Crippen LogP) is 4.22. The average Bonchev–Trinajstić information content (AvgIpc) is 4.24. The summed E-state index contributed by atoms with van der Waals surface area (Å²) in [6.07, 6.45) is 5.61. The summed E-state index contributed by atoms with van der Waals surface area (Å²) >= 11 is 1.46. The first-order chi connectivity index (χ1) is 36.7. The molecule has 0 radical (unpaired) electrons. The number of rotatable bonds is 20. The van der Waals surface area contributed by atoms with E-state index >= 15 is 0 Å². The number of fused-ring (bicyclic) bond motifs is 2. The zero-order chi connectivity index (χ0) is 53.9. The van der Waals surface area contributed by atoms with Crippen molar-refractivity contribution >= 4 is 63.6 Å². The Morgan fingerprint density at radius 2 is 1.71 bits per heavy atom. The van der Waals surface area contributed by atoms with Crippen molar-refractivity contribution in [3.63, 3.8) is 0 Å². The Morgan fingerprint density at radius 1 is 0.961 bits per heavy atom. The van der Waals surface area contributed by atoms with Crippen molar-refractivity contribution in [1.29, 1.82) is 0 Å². The minimum atomic E-state index is -0.810. The first kappa shape index (κ1) is 55.7. The number of amides is 5. The number of aryl methyl sites for hydroxylation is 1. The van der Waals surface area contributed by atoms with Gasteiger partial charge in [0.2, 0.25) is 23.6 Å². The number of nitrogens with zero attached hydrogens (tertiary/aromatic N) is 7. The Labute approximate surface area is 446 Å². The number of hydrogen-bond acceptors (Lipinski definition) is 15. The van der Waals surface area contributed by atoms with E-state index in [-0.39, 0.29) is 118 Å². The molecule has 2 saturated heterocycles. The summed E-state index contributed by atoms with van der Waals surface area (Å²) in [6, 6.07) is 10.8. The standard InChI is InChI=1S/C54H70FN11O9S/c1-33-8-13-44-40(29-33)35(3)59-45-16-23-66-50(61-45)41(30-58-66)53(71)64(31-34(2)75-44)24-19-57-46(67)17-25-73-27-28-74-26-18-47(68)63-21-14-37(15-22-63)48(62-51(70)36(4)56-5)54(72)65-20-6-7-43(65)52-60-42(32-76-52)49(69)38-9-11-39(55)12-10-38/h8-13,16,23,29-30,34-37,42-43,48,56H,6-7,14-15,17-22,24-28,31-32H2,1-5H3,(H,57,67)(H,59,61)(H,62,70)/t34-,35+,36-,42?,43-,48-/m0/s1. The van der Waals surface area contributed by atoms with Crippen LogP contribution in [0.3, 0.4) is 0 Å². The molecule has 2 bridgehead atoms. The van der Waals surface area contributed by atoms with Crippen LogP contribution in [0.25, 0.3) is 5.65 Å². The Hall–Kier alpha value is -6.49. The van der Waals surface area contributed by atoms with Gasteiger partial charge in [0.1, 0.15) is 41.1 Å². The normalized spacial score (nSPS) is 20.9. The number of ether oxygens (including phenoxy) is 3. The second-order valence-corrected chi connectivity index (χ2v) is 20.9. The van der Waals surface area contributed by atoms with E-state index in [1.807, 2.05) is 39.0 Å². The van der Waals surface area contributed by atoms with E-state index < -0.39 is 23.9 Å². The van der Waals surface area contributed by atoms with Crippen LogP contribution in [0.5, 0.6) is 5.75 Å². The lowest BCUT2D eigenvalue weighted by Gasteiger charge is -2.38. The summed E-state index contributed by atoms with van der Waals surface area (Å²) in [5.74, 6) is -0.185. The predicted molar refractivity (Wildman–Crippen MR) is 285 cm³/mol. The molecule has 4 N–H and O–H groups in total. The number of hydrogen-bond donors (Lipinski definition) is 4. The van der Waals surface area contributed by atoms with Crippen LogP contribution in [0.4, 0.5) is 10.2 Å². The topological polar surface area (TPSA) is 230 Å². The number of likely N-dealkylation sites (N-methyl/N-ethyl adjacent to an activating group) is 1. The Bertz CT molecular complexity index is 2750. The van der Waals surface area contributed by atoms with E-state index in [0.29, 0.717) is 78.0 Å². The quantitative estimate of drug-likeness (QED) is 0.0718. The monoisotopic (exact) mass is 1070 g/mol. The first-order valence-electron chi connectivity index (χ1n) is 26.3. The van der Waals surface area contributed by atoms with E-state index in [2.05, 4.69) is 32.4 Å². The number of ketones is 1. The van der Waals surface area contributed by atoms with Gasteiger partial charge in [0.05, 0.1) is 68.8 Å². The van der Waals surface area contributed by atoms with Crippen LogP contribution in [0, 0.1) is 18.7 Å². The van der Waals surface area contributed by atoms with Gasteiger partial charge in [-0.1, -0.05) is 17.7 Å². The number of halogens is 1. The van der Waals surface area contributed by atoms with Crippen LogP contribution < -0.4 is 26.0 Å². The van der Waals surface area contributed by atoms with Gasteiger partial charge in [-0.25, -0.2) is 13.9 Å². The fourth-order valence-electron chi connectivity index (χ4n) is 10.0. The highest BCUT2D eigenvalue weighted by Gasteiger charge is 2.43. The van der Waals surface area contributed by atoms with Crippen LogP contribution in [0.2, 0.25) is 0 Å². The molecule has 22 heteroatoms. The van der Waals surface area contributed by atoms with Gasteiger partial charge in [0.15, 0.2) is 11.4 Å². The van der Waals surface area contributed by atoms with E-state index in [9.17, 15) is 33.2 Å². The summed E-state index contributed by atoms with van der Waals surface area (Å²) < 4.78 is 32.9. The zero-order valence-corrected chi connectivity index (χ0v) is 44.7. The highest BCUT2D eigenvalue weighted by Crippen LogP contribution is 2.34. The van der Waals surface area contributed by atoms with Crippen molar-refractivity contribution < 1.29 is 47.4 Å². The number of aromatic nitrogens is 3. The van der Waals surface area contributed by atoms with Gasteiger partial charge >= 0.3 is 0 Å². The van der Waals surface area contributed by atoms with Crippen molar-refractivity contribution in [2.45, 2.75) is 103 Å². The molecule has 0 spiro atoms. The van der Waals surface area contributed by atoms with Crippen LogP contribution in [-0.4, -0.2) is 178 Å². The van der Waals surface area contributed by atoms with Crippen molar-refractivity contribution in [1.82, 2.24) is 45.2 Å². The fraction of sp³-hybridized carbons (Fsp3) is 0.537. The molecule has 4 aliphatic heterocycles. The molecule has 6 atom stereocenters. The molecule has 0 saturated carbocycles. The molecule has 1 unspecified atom stereocenters. The Balaban J connectivity index is 0.744. The van der Waals surface area contributed by atoms with Gasteiger partial charge in [-0.3, -0.25) is 33.8 Å². The number of aliphatic imine (C=N–C) groups is 1. The highest BCUT2D eigenvalue weighted by molar-refractivity contribution is 8.14. The Morgan fingerprint density at radius 3 is 2.46 bits per heavy atom. The van der Waals surface area contributed by atoms with E-state index in [0.717, 1.165) is 17.5 Å². The third kappa shape index (κ3) is 13.9. The largest absolute Gasteiger partial charge is 0.489 e.